The SMILES string of the molecule is COc1cc(N)ccc1C(=O)NCC1(C)CCCCC1. The van der Waals surface area contributed by atoms with Crippen molar-refractivity contribution < 1.29 is 9.53 Å². The van der Waals surface area contributed by atoms with Gasteiger partial charge in [0.2, 0.25) is 0 Å². The lowest BCUT2D eigenvalue weighted by molar-refractivity contribution is 0.0916. The zero-order chi connectivity index (χ0) is 14.6. The topological polar surface area (TPSA) is 64.3 Å². The van der Waals surface area contributed by atoms with Crippen molar-refractivity contribution in [1.82, 2.24) is 5.32 Å². The summed E-state index contributed by atoms with van der Waals surface area (Å²) in [4.78, 5) is 12.3. The van der Waals surface area contributed by atoms with Crippen LogP contribution in [0.1, 0.15) is 49.4 Å². The van der Waals surface area contributed by atoms with Gasteiger partial charge in [-0.1, -0.05) is 26.2 Å². The molecule has 1 aromatic rings. The van der Waals surface area contributed by atoms with Crippen molar-refractivity contribution >= 4 is 11.6 Å². The average Bonchev–Trinajstić information content (AvgIpc) is 2.45. The van der Waals surface area contributed by atoms with Crippen LogP contribution in [0.4, 0.5) is 5.69 Å². The fourth-order valence-electron chi connectivity index (χ4n) is 2.87. The van der Waals surface area contributed by atoms with Crippen molar-refractivity contribution in [2.75, 3.05) is 19.4 Å². The Labute approximate surface area is 120 Å². The first kappa shape index (κ1) is 14.7. The Morgan fingerprint density at radius 3 is 2.70 bits per heavy atom. The van der Waals surface area contributed by atoms with Gasteiger partial charge in [0.15, 0.2) is 0 Å². The van der Waals surface area contributed by atoms with Crippen molar-refractivity contribution in [3.63, 3.8) is 0 Å². The molecule has 1 aliphatic rings. The summed E-state index contributed by atoms with van der Waals surface area (Å²) in [6.45, 7) is 2.98. The maximum Gasteiger partial charge on any atom is 0.255 e. The highest BCUT2D eigenvalue weighted by atomic mass is 16.5. The number of amides is 1. The molecule has 0 radical (unpaired) electrons. The minimum absolute atomic E-state index is 0.0892. The van der Waals surface area contributed by atoms with Crippen LogP contribution in [0.25, 0.3) is 0 Å². The van der Waals surface area contributed by atoms with Gasteiger partial charge in [0.25, 0.3) is 5.91 Å². The molecule has 0 aromatic heterocycles. The lowest BCUT2D eigenvalue weighted by Crippen LogP contribution is -2.37. The summed E-state index contributed by atoms with van der Waals surface area (Å²) in [5.74, 6) is 0.435. The highest BCUT2D eigenvalue weighted by molar-refractivity contribution is 5.97. The second kappa shape index (κ2) is 6.16. The van der Waals surface area contributed by atoms with Gasteiger partial charge >= 0.3 is 0 Å². The molecule has 0 aliphatic heterocycles. The molecule has 4 heteroatoms. The number of carbonyl (C=O) groups excluding carboxylic acids is 1. The van der Waals surface area contributed by atoms with Crippen molar-refractivity contribution in [2.45, 2.75) is 39.0 Å². The van der Waals surface area contributed by atoms with Gasteiger partial charge in [0.1, 0.15) is 5.75 Å². The number of carbonyl (C=O) groups is 1. The number of nitrogens with two attached hydrogens (primary N) is 1. The maximum absolute atomic E-state index is 12.3. The summed E-state index contributed by atoms with van der Waals surface area (Å²) in [5, 5.41) is 3.04. The van der Waals surface area contributed by atoms with E-state index in [2.05, 4.69) is 12.2 Å². The Morgan fingerprint density at radius 2 is 2.05 bits per heavy atom. The molecule has 0 spiro atoms. The van der Waals surface area contributed by atoms with Gasteiger partial charge in [-0.25, -0.2) is 0 Å². The second-order valence-electron chi connectivity index (χ2n) is 6.01. The average molecular weight is 276 g/mol. The van der Waals surface area contributed by atoms with Crippen LogP contribution in [0.5, 0.6) is 5.75 Å². The Kier molecular flexibility index (Phi) is 4.53. The van der Waals surface area contributed by atoms with Crippen LogP contribution in [0, 0.1) is 5.41 Å². The third kappa shape index (κ3) is 3.44. The molecule has 1 aromatic carbocycles. The zero-order valence-electron chi connectivity index (χ0n) is 12.4. The third-order valence-electron chi connectivity index (χ3n) is 4.21. The van der Waals surface area contributed by atoms with E-state index in [4.69, 9.17) is 10.5 Å². The molecule has 20 heavy (non-hydrogen) atoms. The molecule has 1 saturated carbocycles. The summed E-state index contributed by atoms with van der Waals surface area (Å²) >= 11 is 0. The largest absolute Gasteiger partial charge is 0.496 e. The van der Waals surface area contributed by atoms with Gasteiger partial charge in [-0.3, -0.25) is 4.79 Å². The molecule has 0 heterocycles. The summed E-state index contributed by atoms with van der Waals surface area (Å²) in [6.07, 6.45) is 6.21. The second-order valence-corrected chi connectivity index (χ2v) is 6.01. The van der Waals surface area contributed by atoms with Crippen molar-refractivity contribution in [3.8, 4) is 5.75 Å². The number of hydrogen-bond acceptors (Lipinski definition) is 3. The summed E-state index contributed by atoms with van der Waals surface area (Å²) in [5.41, 5.74) is 7.07. The maximum atomic E-state index is 12.3. The van der Waals surface area contributed by atoms with Crippen LogP contribution in [0.15, 0.2) is 18.2 Å². The first-order valence-corrected chi connectivity index (χ1v) is 7.26. The number of methoxy groups -OCH3 is 1. The molecular weight excluding hydrogens is 252 g/mol. The van der Waals surface area contributed by atoms with Gasteiger partial charge in [-0.2, -0.15) is 0 Å². The van der Waals surface area contributed by atoms with E-state index >= 15 is 0 Å². The smallest absolute Gasteiger partial charge is 0.255 e. The van der Waals surface area contributed by atoms with E-state index in [1.165, 1.54) is 32.1 Å². The molecule has 0 bridgehead atoms. The monoisotopic (exact) mass is 276 g/mol. The standard InChI is InChI=1S/C16H24N2O2/c1-16(8-4-3-5-9-16)11-18-15(19)13-7-6-12(17)10-14(13)20-2/h6-7,10H,3-5,8-9,11,17H2,1-2H3,(H,18,19). The molecule has 110 valence electrons. The van der Waals surface area contributed by atoms with Crippen LogP contribution >= 0.6 is 0 Å². The van der Waals surface area contributed by atoms with E-state index in [0.29, 0.717) is 17.0 Å². The molecule has 3 N–H and O–H groups in total. The molecule has 1 fully saturated rings. The summed E-state index contributed by atoms with van der Waals surface area (Å²) in [6, 6.07) is 5.11. The molecule has 2 rings (SSSR count). The molecule has 1 aliphatic carbocycles. The molecule has 0 atom stereocenters. The number of nitrogen functional groups attached to an aromatic ring is 1. The lowest BCUT2D eigenvalue weighted by atomic mass is 9.76. The van der Waals surface area contributed by atoms with Crippen LogP contribution in [-0.4, -0.2) is 19.6 Å². The molecule has 0 saturated heterocycles. The Balaban J connectivity index is 2.01. The first-order chi connectivity index (χ1) is 9.54. The van der Waals surface area contributed by atoms with E-state index in [9.17, 15) is 4.79 Å². The number of ether oxygens (including phenoxy) is 1. The Hall–Kier alpha value is -1.71. The number of anilines is 1. The highest BCUT2D eigenvalue weighted by Crippen LogP contribution is 2.35. The molecule has 1 amide bonds. The number of hydrogen-bond donors (Lipinski definition) is 2. The van der Waals surface area contributed by atoms with Crippen LogP contribution < -0.4 is 15.8 Å². The normalized spacial score (nSPS) is 17.5. The fourth-order valence-corrected chi connectivity index (χ4v) is 2.87. The van der Waals surface area contributed by atoms with Gasteiger partial charge < -0.3 is 15.8 Å². The zero-order valence-corrected chi connectivity index (χ0v) is 12.4. The van der Waals surface area contributed by atoms with E-state index in [1.54, 1.807) is 25.3 Å². The van der Waals surface area contributed by atoms with Crippen LogP contribution in [0.3, 0.4) is 0 Å². The van der Waals surface area contributed by atoms with E-state index in [-0.39, 0.29) is 11.3 Å². The van der Waals surface area contributed by atoms with Crippen LogP contribution in [0.2, 0.25) is 0 Å². The minimum atomic E-state index is -0.0892. The fraction of sp³-hybridized carbons (Fsp3) is 0.562. The Bertz CT molecular complexity index is 479. The van der Waals surface area contributed by atoms with E-state index in [1.807, 2.05) is 0 Å². The number of nitrogens with one attached hydrogen (secondary N) is 1. The molecule has 0 unspecified atom stereocenters. The number of rotatable bonds is 4. The van der Waals surface area contributed by atoms with Gasteiger partial charge in [0, 0.05) is 18.3 Å². The predicted molar refractivity (Wildman–Crippen MR) is 80.9 cm³/mol. The minimum Gasteiger partial charge on any atom is -0.496 e. The van der Waals surface area contributed by atoms with E-state index < -0.39 is 0 Å². The predicted octanol–water partition coefficient (Wildman–Crippen LogP) is 2.98. The summed E-state index contributed by atoms with van der Waals surface area (Å²) < 4.78 is 5.22. The quantitative estimate of drug-likeness (QED) is 0.831. The highest BCUT2D eigenvalue weighted by Gasteiger charge is 2.27. The molecule has 4 nitrogen and oxygen atoms in total. The van der Waals surface area contributed by atoms with E-state index in [0.717, 1.165) is 6.54 Å². The van der Waals surface area contributed by atoms with Crippen molar-refractivity contribution in [2.24, 2.45) is 5.41 Å². The molecular formula is C16H24N2O2. The van der Waals surface area contributed by atoms with Gasteiger partial charge in [-0.15, -0.1) is 0 Å². The van der Waals surface area contributed by atoms with Crippen molar-refractivity contribution in [3.05, 3.63) is 23.8 Å². The van der Waals surface area contributed by atoms with Crippen LogP contribution in [-0.2, 0) is 0 Å². The number of benzene rings is 1. The lowest BCUT2D eigenvalue weighted by Gasteiger charge is -2.33. The summed E-state index contributed by atoms with van der Waals surface area (Å²) in [7, 11) is 1.55. The van der Waals surface area contributed by atoms with Gasteiger partial charge in [-0.05, 0) is 30.4 Å². The van der Waals surface area contributed by atoms with Gasteiger partial charge in [0.05, 0.1) is 12.7 Å². The first-order valence-electron chi connectivity index (χ1n) is 7.26. The third-order valence-corrected chi connectivity index (χ3v) is 4.21. The van der Waals surface area contributed by atoms with Crippen molar-refractivity contribution in [1.29, 1.82) is 0 Å². The Morgan fingerprint density at radius 1 is 1.35 bits per heavy atom.